The summed E-state index contributed by atoms with van der Waals surface area (Å²) in [5.41, 5.74) is -1.77. The van der Waals surface area contributed by atoms with Crippen LogP contribution in [0.5, 0.6) is 0 Å². The highest BCUT2D eigenvalue weighted by atomic mass is 19.4. The van der Waals surface area contributed by atoms with E-state index in [-0.39, 0.29) is 11.1 Å². The molecule has 0 bridgehead atoms. The fourth-order valence-corrected chi connectivity index (χ4v) is 1.92. The molecular weight excluding hydrogens is 290 g/mol. The number of hydrogen-bond donors (Lipinski definition) is 1. The van der Waals surface area contributed by atoms with E-state index in [0.717, 1.165) is 6.07 Å². The lowest BCUT2D eigenvalue weighted by Gasteiger charge is -2.10. The summed E-state index contributed by atoms with van der Waals surface area (Å²) in [6, 6.07) is 1.26. The topological polar surface area (TPSA) is 38.0 Å². The minimum Gasteiger partial charge on any atom is -0.376 e. The minimum atomic E-state index is -4.87. The first kappa shape index (κ1) is 14.6. The maximum Gasteiger partial charge on any atom is 0.449 e. The van der Waals surface area contributed by atoms with E-state index in [1.807, 2.05) is 0 Å². The number of fused-ring (bicyclic) bond motifs is 1. The van der Waals surface area contributed by atoms with E-state index < -0.39 is 36.0 Å². The number of benzene rings is 1. The molecule has 1 aromatic heterocycles. The zero-order chi connectivity index (χ0) is 15.3. The van der Waals surface area contributed by atoms with Crippen molar-refractivity contribution in [2.75, 3.05) is 0 Å². The van der Waals surface area contributed by atoms with Crippen LogP contribution in [0, 0.1) is 6.92 Å². The molecule has 110 valence electrons. The van der Waals surface area contributed by atoms with Gasteiger partial charge in [-0.25, -0.2) is 4.98 Å². The molecule has 1 aromatic carbocycles. The van der Waals surface area contributed by atoms with Crippen molar-refractivity contribution < 1.29 is 31.4 Å². The van der Waals surface area contributed by atoms with Crippen molar-refractivity contribution in [1.82, 2.24) is 9.55 Å². The van der Waals surface area contributed by atoms with Gasteiger partial charge in [0.25, 0.3) is 0 Å². The van der Waals surface area contributed by atoms with E-state index in [1.54, 1.807) is 0 Å². The number of aromatic nitrogens is 2. The molecule has 0 atom stereocenters. The number of imidazole rings is 1. The van der Waals surface area contributed by atoms with Crippen LogP contribution in [0.2, 0.25) is 0 Å². The lowest BCUT2D eigenvalue weighted by Crippen LogP contribution is -2.15. The van der Waals surface area contributed by atoms with Crippen molar-refractivity contribution in [2.45, 2.75) is 26.0 Å². The van der Waals surface area contributed by atoms with Gasteiger partial charge < -0.3 is 5.11 Å². The summed E-state index contributed by atoms with van der Waals surface area (Å²) in [7, 11) is 0. The Hall–Kier alpha value is -1.77. The first-order chi connectivity index (χ1) is 9.05. The van der Waals surface area contributed by atoms with Gasteiger partial charge >= 0.3 is 12.4 Å². The minimum absolute atomic E-state index is 0.0486. The zero-order valence-electron chi connectivity index (χ0n) is 9.97. The van der Waals surface area contributed by atoms with Crippen LogP contribution in [0.1, 0.15) is 17.0 Å². The second-order valence-electron chi connectivity index (χ2n) is 4.16. The SMILES string of the molecule is Cc1cc(C(F)(F)F)cc2c1nc(C(F)(F)F)n2CO. The van der Waals surface area contributed by atoms with E-state index in [4.69, 9.17) is 5.11 Å². The molecule has 0 amide bonds. The molecule has 20 heavy (non-hydrogen) atoms. The lowest BCUT2D eigenvalue weighted by molar-refractivity contribution is -0.148. The molecule has 0 radical (unpaired) electrons. The number of rotatable bonds is 1. The van der Waals surface area contributed by atoms with Crippen LogP contribution in [0.3, 0.4) is 0 Å². The van der Waals surface area contributed by atoms with Gasteiger partial charge in [0.15, 0.2) is 0 Å². The number of hydrogen-bond acceptors (Lipinski definition) is 2. The van der Waals surface area contributed by atoms with Gasteiger partial charge in [-0.2, -0.15) is 26.3 Å². The van der Waals surface area contributed by atoms with Crippen LogP contribution < -0.4 is 0 Å². The van der Waals surface area contributed by atoms with Gasteiger partial charge in [-0.3, -0.25) is 4.57 Å². The number of nitrogens with zero attached hydrogens (tertiary/aromatic N) is 2. The number of aryl methyl sites for hydroxylation is 1. The van der Waals surface area contributed by atoms with Crippen molar-refractivity contribution in [3.63, 3.8) is 0 Å². The second kappa shape index (κ2) is 4.37. The van der Waals surface area contributed by atoms with Crippen LogP contribution in [0.15, 0.2) is 12.1 Å². The summed E-state index contributed by atoms with van der Waals surface area (Å²) in [4.78, 5) is 3.29. The Bertz CT molecular complexity index is 655. The van der Waals surface area contributed by atoms with E-state index in [1.165, 1.54) is 6.92 Å². The Kier molecular flexibility index (Phi) is 3.20. The molecule has 1 N–H and O–H groups in total. The molecular formula is C11H8F6N2O. The molecule has 2 aromatic rings. The van der Waals surface area contributed by atoms with Gasteiger partial charge in [-0.15, -0.1) is 0 Å². The van der Waals surface area contributed by atoms with E-state index in [0.29, 0.717) is 10.6 Å². The third kappa shape index (κ3) is 2.33. The number of alkyl halides is 6. The summed E-state index contributed by atoms with van der Waals surface area (Å²) in [6.45, 7) is 0.110. The van der Waals surface area contributed by atoms with Crippen molar-refractivity contribution in [2.24, 2.45) is 0 Å². The summed E-state index contributed by atoms with van der Waals surface area (Å²) in [6.07, 6.45) is -9.56. The largest absolute Gasteiger partial charge is 0.449 e. The Morgan fingerprint density at radius 1 is 1.10 bits per heavy atom. The van der Waals surface area contributed by atoms with Gasteiger partial charge in [0.2, 0.25) is 5.82 Å². The van der Waals surface area contributed by atoms with Gasteiger partial charge in [0.05, 0.1) is 16.6 Å². The summed E-state index contributed by atoms with van der Waals surface area (Å²) < 4.78 is 76.4. The second-order valence-corrected chi connectivity index (χ2v) is 4.16. The smallest absolute Gasteiger partial charge is 0.376 e. The first-order valence-corrected chi connectivity index (χ1v) is 5.32. The Morgan fingerprint density at radius 2 is 1.70 bits per heavy atom. The molecule has 1 heterocycles. The van der Waals surface area contributed by atoms with Crippen LogP contribution in [0.4, 0.5) is 26.3 Å². The maximum absolute atomic E-state index is 12.7. The quantitative estimate of drug-likeness (QED) is 0.820. The van der Waals surface area contributed by atoms with Crippen molar-refractivity contribution >= 4 is 11.0 Å². The van der Waals surface area contributed by atoms with Gasteiger partial charge in [0.1, 0.15) is 6.73 Å². The molecule has 0 aliphatic rings. The van der Waals surface area contributed by atoms with Gasteiger partial charge in [-0.1, -0.05) is 0 Å². The molecule has 0 aliphatic heterocycles. The molecule has 2 rings (SSSR count). The molecule has 0 fully saturated rings. The number of halogens is 6. The Balaban J connectivity index is 2.83. The van der Waals surface area contributed by atoms with Gasteiger partial charge in [-0.05, 0) is 24.6 Å². The molecule has 0 spiro atoms. The highest BCUT2D eigenvalue weighted by Gasteiger charge is 2.39. The zero-order valence-corrected chi connectivity index (χ0v) is 9.97. The van der Waals surface area contributed by atoms with Crippen LogP contribution in [0.25, 0.3) is 11.0 Å². The fourth-order valence-electron chi connectivity index (χ4n) is 1.92. The normalized spacial score (nSPS) is 13.2. The third-order valence-electron chi connectivity index (χ3n) is 2.77. The summed E-state index contributed by atoms with van der Waals surface area (Å²) in [5.74, 6) is -1.43. The van der Waals surface area contributed by atoms with Crippen LogP contribution >= 0.6 is 0 Å². The van der Waals surface area contributed by atoms with E-state index in [9.17, 15) is 26.3 Å². The maximum atomic E-state index is 12.7. The Morgan fingerprint density at radius 3 is 2.15 bits per heavy atom. The average Bonchev–Trinajstić information content (AvgIpc) is 2.66. The number of aliphatic hydroxyl groups is 1. The molecule has 0 saturated heterocycles. The standard InChI is InChI=1S/C11H8F6N2O/c1-5-2-6(10(12,13)14)3-7-8(5)18-9(11(15,16)17)19(7)4-20/h2-3,20H,4H2,1H3. The Labute approximate surface area is 108 Å². The monoisotopic (exact) mass is 298 g/mol. The van der Waals surface area contributed by atoms with Crippen LogP contribution in [-0.2, 0) is 19.1 Å². The number of aliphatic hydroxyl groups excluding tert-OH is 1. The van der Waals surface area contributed by atoms with E-state index >= 15 is 0 Å². The fraction of sp³-hybridized carbons (Fsp3) is 0.364. The van der Waals surface area contributed by atoms with Crippen LogP contribution in [-0.4, -0.2) is 14.7 Å². The van der Waals surface area contributed by atoms with Crippen molar-refractivity contribution in [1.29, 1.82) is 0 Å². The summed E-state index contributed by atoms with van der Waals surface area (Å²) in [5, 5.41) is 8.99. The molecule has 0 unspecified atom stereocenters. The average molecular weight is 298 g/mol. The van der Waals surface area contributed by atoms with Crippen molar-refractivity contribution in [3.8, 4) is 0 Å². The highest BCUT2D eigenvalue weighted by molar-refractivity contribution is 5.80. The highest BCUT2D eigenvalue weighted by Crippen LogP contribution is 2.36. The third-order valence-corrected chi connectivity index (χ3v) is 2.77. The predicted octanol–water partition coefficient (Wildman–Crippen LogP) is 3.33. The predicted molar refractivity (Wildman–Crippen MR) is 56.7 cm³/mol. The summed E-state index contributed by atoms with van der Waals surface area (Å²) >= 11 is 0. The van der Waals surface area contributed by atoms with Gasteiger partial charge in [0, 0.05) is 0 Å². The molecule has 3 nitrogen and oxygen atoms in total. The van der Waals surface area contributed by atoms with Crippen molar-refractivity contribution in [3.05, 3.63) is 29.1 Å². The lowest BCUT2D eigenvalue weighted by atomic mass is 10.1. The first-order valence-electron chi connectivity index (χ1n) is 5.32. The van der Waals surface area contributed by atoms with E-state index in [2.05, 4.69) is 4.98 Å². The molecule has 0 saturated carbocycles. The molecule has 9 heteroatoms. The molecule has 0 aliphatic carbocycles.